The fraction of sp³-hybridized carbons (Fsp3) is 0.571. The van der Waals surface area contributed by atoms with E-state index in [9.17, 15) is 5.11 Å². The second-order valence-electron chi connectivity index (χ2n) is 5.31. The van der Waals surface area contributed by atoms with E-state index in [4.69, 9.17) is 5.73 Å². The Morgan fingerprint density at radius 3 is 3.00 bits per heavy atom. The van der Waals surface area contributed by atoms with Crippen LogP contribution in [-0.2, 0) is 6.42 Å². The largest absolute Gasteiger partial charge is 0.506 e. The molecule has 0 aliphatic carbocycles. The zero-order valence-electron chi connectivity index (χ0n) is 10.1. The minimum atomic E-state index is 0.435. The maximum absolute atomic E-state index is 10.1. The second kappa shape index (κ2) is 4.22. The van der Waals surface area contributed by atoms with Crippen molar-refractivity contribution in [1.82, 2.24) is 0 Å². The highest BCUT2D eigenvalue weighted by Crippen LogP contribution is 2.41. The molecule has 2 heterocycles. The summed E-state index contributed by atoms with van der Waals surface area (Å²) in [4.78, 5) is 2.40. The van der Waals surface area contributed by atoms with Gasteiger partial charge in [-0.25, -0.2) is 0 Å². The lowest BCUT2D eigenvalue weighted by Gasteiger charge is -2.45. The third kappa shape index (κ3) is 1.78. The lowest BCUT2D eigenvalue weighted by atomic mass is 9.85. The Morgan fingerprint density at radius 1 is 1.29 bits per heavy atom. The van der Waals surface area contributed by atoms with Gasteiger partial charge in [-0.3, -0.25) is 0 Å². The molecule has 0 bridgehead atoms. The maximum Gasteiger partial charge on any atom is 0.139 e. The number of para-hydroxylation sites is 1. The fourth-order valence-corrected chi connectivity index (χ4v) is 3.30. The van der Waals surface area contributed by atoms with Crippen molar-refractivity contribution in [1.29, 1.82) is 0 Å². The van der Waals surface area contributed by atoms with E-state index in [0.29, 0.717) is 17.7 Å². The molecule has 2 aliphatic heterocycles. The number of aryl methyl sites for hydroxylation is 1. The van der Waals surface area contributed by atoms with Crippen LogP contribution < -0.4 is 10.6 Å². The lowest BCUT2D eigenvalue weighted by molar-refractivity contribution is 0.337. The summed E-state index contributed by atoms with van der Waals surface area (Å²) in [6, 6.07) is 6.49. The molecule has 0 radical (unpaired) electrons. The van der Waals surface area contributed by atoms with E-state index in [1.54, 1.807) is 6.07 Å². The Labute approximate surface area is 102 Å². The van der Waals surface area contributed by atoms with Crippen molar-refractivity contribution in [2.24, 2.45) is 11.7 Å². The summed E-state index contributed by atoms with van der Waals surface area (Å²) in [5.74, 6) is 1.02. The zero-order valence-corrected chi connectivity index (χ0v) is 10.1. The Morgan fingerprint density at radius 2 is 2.18 bits per heavy atom. The van der Waals surface area contributed by atoms with Gasteiger partial charge in [-0.1, -0.05) is 12.1 Å². The first-order valence-corrected chi connectivity index (χ1v) is 6.57. The Balaban J connectivity index is 1.97. The van der Waals surface area contributed by atoms with Gasteiger partial charge in [0.25, 0.3) is 0 Å². The van der Waals surface area contributed by atoms with Gasteiger partial charge in [0.05, 0.1) is 5.69 Å². The minimum absolute atomic E-state index is 0.435. The number of phenols is 1. The van der Waals surface area contributed by atoms with Gasteiger partial charge in [-0.05, 0) is 49.8 Å². The van der Waals surface area contributed by atoms with Crippen LogP contribution in [0.25, 0.3) is 0 Å². The van der Waals surface area contributed by atoms with E-state index in [1.807, 2.05) is 6.07 Å². The number of hydrogen-bond donors (Lipinski definition) is 2. The van der Waals surface area contributed by atoms with Crippen LogP contribution in [0.5, 0.6) is 5.75 Å². The van der Waals surface area contributed by atoms with E-state index < -0.39 is 0 Å². The zero-order chi connectivity index (χ0) is 11.8. The first-order valence-electron chi connectivity index (χ1n) is 6.57. The molecule has 3 N–H and O–H groups in total. The van der Waals surface area contributed by atoms with Crippen LogP contribution in [0.3, 0.4) is 0 Å². The van der Waals surface area contributed by atoms with Gasteiger partial charge in [-0.15, -0.1) is 0 Å². The second-order valence-corrected chi connectivity index (χ2v) is 5.31. The molecule has 2 aliphatic rings. The molecule has 3 nitrogen and oxygen atoms in total. The number of anilines is 1. The lowest BCUT2D eigenvalue weighted by Crippen LogP contribution is -2.47. The first kappa shape index (κ1) is 10.9. The topological polar surface area (TPSA) is 49.5 Å². The van der Waals surface area contributed by atoms with Gasteiger partial charge < -0.3 is 15.7 Å². The van der Waals surface area contributed by atoms with Crippen molar-refractivity contribution < 1.29 is 5.11 Å². The molecule has 0 saturated carbocycles. The number of aromatic hydroxyl groups is 1. The quantitative estimate of drug-likeness (QED) is 0.777. The number of nitrogens with zero attached hydrogens (tertiary/aromatic N) is 1. The minimum Gasteiger partial charge on any atom is -0.506 e. The molecule has 2 atom stereocenters. The van der Waals surface area contributed by atoms with E-state index in [-0.39, 0.29) is 0 Å². The highest BCUT2D eigenvalue weighted by atomic mass is 16.3. The van der Waals surface area contributed by atoms with Crippen molar-refractivity contribution in [2.45, 2.75) is 31.7 Å². The number of benzene rings is 1. The van der Waals surface area contributed by atoms with Crippen LogP contribution in [0, 0.1) is 5.92 Å². The first-order chi connectivity index (χ1) is 8.29. The van der Waals surface area contributed by atoms with E-state index in [1.165, 1.54) is 24.8 Å². The molecular weight excluding hydrogens is 212 g/mol. The van der Waals surface area contributed by atoms with E-state index in [2.05, 4.69) is 11.0 Å². The smallest absolute Gasteiger partial charge is 0.139 e. The van der Waals surface area contributed by atoms with Gasteiger partial charge in [-0.2, -0.15) is 0 Å². The van der Waals surface area contributed by atoms with Gasteiger partial charge in [0, 0.05) is 12.6 Å². The van der Waals surface area contributed by atoms with Crippen LogP contribution in [-0.4, -0.2) is 24.2 Å². The van der Waals surface area contributed by atoms with Crippen molar-refractivity contribution in [3.05, 3.63) is 23.8 Å². The molecule has 0 amide bonds. The summed E-state index contributed by atoms with van der Waals surface area (Å²) in [5, 5.41) is 10.1. The molecule has 1 aromatic carbocycles. The summed E-state index contributed by atoms with van der Waals surface area (Å²) in [7, 11) is 0. The average molecular weight is 232 g/mol. The molecule has 3 heteroatoms. The number of rotatable bonds is 1. The molecule has 1 fully saturated rings. The number of hydrogen-bond acceptors (Lipinski definition) is 3. The summed E-state index contributed by atoms with van der Waals surface area (Å²) >= 11 is 0. The molecule has 17 heavy (non-hydrogen) atoms. The van der Waals surface area contributed by atoms with Crippen LogP contribution in [0.4, 0.5) is 5.69 Å². The molecule has 3 rings (SSSR count). The van der Waals surface area contributed by atoms with E-state index in [0.717, 1.165) is 25.2 Å². The van der Waals surface area contributed by atoms with Crippen molar-refractivity contribution in [3.63, 3.8) is 0 Å². The number of piperidine rings is 1. The molecule has 1 aromatic rings. The third-order valence-corrected chi connectivity index (χ3v) is 4.27. The SMILES string of the molecule is NCC1CCC2CCc3cccc(O)c3N2C1. The summed E-state index contributed by atoms with van der Waals surface area (Å²) in [6.07, 6.45) is 4.77. The molecular formula is C14H20N2O. The highest BCUT2D eigenvalue weighted by molar-refractivity contribution is 5.65. The molecule has 2 unspecified atom stereocenters. The maximum atomic E-state index is 10.1. The van der Waals surface area contributed by atoms with Crippen LogP contribution in [0.1, 0.15) is 24.8 Å². The third-order valence-electron chi connectivity index (χ3n) is 4.27. The summed E-state index contributed by atoms with van der Waals surface area (Å²) in [5.41, 5.74) is 8.16. The fourth-order valence-electron chi connectivity index (χ4n) is 3.30. The Bertz CT molecular complexity index is 419. The monoisotopic (exact) mass is 232 g/mol. The molecule has 0 spiro atoms. The van der Waals surface area contributed by atoms with Gasteiger partial charge >= 0.3 is 0 Å². The predicted molar refractivity (Wildman–Crippen MR) is 69.3 cm³/mol. The van der Waals surface area contributed by atoms with Crippen molar-refractivity contribution >= 4 is 5.69 Å². The summed E-state index contributed by atoms with van der Waals surface area (Å²) in [6.45, 7) is 1.76. The van der Waals surface area contributed by atoms with Crippen LogP contribution in [0.15, 0.2) is 18.2 Å². The molecule has 0 aromatic heterocycles. The average Bonchev–Trinajstić information content (AvgIpc) is 2.38. The summed E-state index contributed by atoms with van der Waals surface area (Å²) < 4.78 is 0. The predicted octanol–water partition coefficient (Wildman–Crippen LogP) is 1.88. The van der Waals surface area contributed by atoms with Crippen LogP contribution in [0.2, 0.25) is 0 Å². The molecule has 92 valence electrons. The highest BCUT2D eigenvalue weighted by Gasteiger charge is 2.33. The van der Waals surface area contributed by atoms with Crippen molar-refractivity contribution in [2.75, 3.05) is 18.0 Å². The van der Waals surface area contributed by atoms with E-state index >= 15 is 0 Å². The van der Waals surface area contributed by atoms with Gasteiger partial charge in [0.1, 0.15) is 5.75 Å². The van der Waals surface area contributed by atoms with Gasteiger partial charge in [0.2, 0.25) is 0 Å². The number of fused-ring (bicyclic) bond motifs is 3. The number of nitrogens with two attached hydrogens (primary N) is 1. The van der Waals surface area contributed by atoms with Crippen LogP contribution >= 0.6 is 0 Å². The standard InChI is InChI=1S/C14H20N2O/c15-8-10-4-6-12-7-5-11-2-1-3-13(17)14(11)16(12)9-10/h1-3,10,12,17H,4-9,15H2. The van der Waals surface area contributed by atoms with Crippen molar-refractivity contribution in [3.8, 4) is 5.75 Å². The number of phenolic OH excluding ortho intramolecular Hbond substituents is 1. The molecule has 1 saturated heterocycles. The Kier molecular flexibility index (Phi) is 2.71. The normalized spacial score (nSPS) is 27.5. The Hall–Kier alpha value is -1.22. The van der Waals surface area contributed by atoms with Gasteiger partial charge in [0.15, 0.2) is 0 Å².